The lowest BCUT2D eigenvalue weighted by molar-refractivity contribution is 0.179. The van der Waals surface area contributed by atoms with Crippen molar-refractivity contribution in [3.05, 3.63) is 51.5 Å². The van der Waals surface area contributed by atoms with Crippen molar-refractivity contribution in [2.45, 2.75) is 46.7 Å². The molecule has 1 aliphatic rings. The van der Waals surface area contributed by atoms with Gasteiger partial charge in [-0.3, -0.25) is 9.89 Å². The molecule has 0 saturated carbocycles. The van der Waals surface area contributed by atoms with Gasteiger partial charge < -0.3 is 10.2 Å². The minimum absolute atomic E-state index is 0. The van der Waals surface area contributed by atoms with E-state index in [1.165, 1.54) is 29.7 Å². The van der Waals surface area contributed by atoms with Crippen LogP contribution < -0.4 is 5.32 Å². The van der Waals surface area contributed by atoms with Crippen molar-refractivity contribution in [2.75, 3.05) is 33.2 Å². The first kappa shape index (κ1) is 25.1. The maximum absolute atomic E-state index is 4.98. The number of benzene rings is 1. The van der Waals surface area contributed by atoms with Gasteiger partial charge in [-0.2, -0.15) is 0 Å². The Hall–Kier alpha value is -1.19. The maximum atomic E-state index is 4.98. The first-order valence-electron chi connectivity index (χ1n) is 10.7. The number of nitrogens with zero attached hydrogens (tertiary/aromatic N) is 4. The average molecular weight is 542 g/mol. The number of rotatable bonds is 7. The van der Waals surface area contributed by atoms with E-state index >= 15 is 0 Å². The molecule has 0 unspecified atom stereocenters. The van der Waals surface area contributed by atoms with Crippen LogP contribution in [0.2, 0.25) is 0 Å². The lowest BCUT2D eigenvalue weighted by Crippen LogP contribution is -2.39. The predicted molar refractivity (Wildman–Crippen MR) is 139 cm³/mol. The number of guanidine groups is 1. The van der Waals surface area contributed by atoms with Crippen LogP contribution in [0.1, 0.15) is 41.6 Å². The largest absolute Gasteiger partial charge is 0.357 e. The third-order valence-electron chi connectivity index (χ3n) is 5.62. The van der Waals surface area contributed by atoms with Crippen LogP contribution in [-0.2, 0) is 13.1 Å². The van der Waals surface area contributed by atoms with Gasteiger partial charge in [0, 0.05) is 38.6 Å². The van der Waals surface area contributed by atoms with Gasteiger partial charge in [0.25, 0.3) is 0 Å². The number of nitrogens with one attached hydrogen (secondary N) is 1. The zero-order valence-corrected chi connectivity index (χ0v) is 21.9. The Kier molecular flexibility index (Phi) is 10.5. The van der Waals surface area contributed by atoms with Crippen molar-refractivity contribution in [3.63, 3.8) is 0 Å². The molecule has 1 fully saturated rings. The van der Waals surface area contributed by atoms with Crippen molar-refractivity contribution >= 4 is 41.3 Å². The number of aliphatic imine (C=N–C) groups is 1. The molecule has 1 aromatic carbocycles. The van der Waals surface area contributed by atoms with E-state index in [0.29, 0.717) is 5.92 Å². The lowest BCUT2D eigenvalue weighted by Gasteiger charge is -2.31. The Balaban J connectivity index is 0.00000320. The summed E-state index contributed by atoms with van der Waals surface area (Å²) in [6.07, 6.45) is 2.43. The molecule has 2 heterocycles. The molecular formula is C23H36IN5S. The van der Waals surface area contributed by atoms with E-state index in [1.54, 1.807) is 11.3 Å². The molecule has 30 heavy (non-hydrogen) atoms. The molecule has 166 valence electrons. The minimum Gasteiger partial charge on any atom is -0.357 e. The highest BCUT2D eigenvalue weighted by atomic mass is 127. The fourth-order valence-corrected chi connectivity index (χ4v) is 4.44. The van der Waals surface area contributed by atoms with Gasteiger partial charge >= 0.3 is 0 Å². The number of likely N-dealkylation sites (tertiary alicyclic amines) is 1. The molecule has 1 N–H and O–H groups in total. The molecule has 0 aliphatic carbocycles. The van der Waals surface area contributed by atoms with Gasteiger partial charge in [-0.15, -0.1) is 35.3 Å². The third-order valence-corrected chi connectivity index (χ3v) is 6.45. The summed E-state index contributed by atoms with van der Waals surface area (Å²) in [4.78, 5) is 14.4. The molecule has 3 rings (SSSR count). The summed E-state index contributed by atoms with van der Waals surface area (Å²) < 4.78 is 0. The van der Waals surface area contributed by atoms with Crippen LogP contribution in [0, 0.1) is 19.8 Å². The molecular weight excluding hydrogens is 505 g/mol. The molecule has 0 spiro atoms. The summed E-state index contributed by atoms with van der Waals surface area (Å²) in [5, 5.41) is 6.82. The van der Waals surface area contributed by atoms with Gasteiger partial charge in [-0.25, -0.2) is 4.98 Å². The van der Waals surface area contributed by atoms with Crippen LogP contribution in [-0.4, -0.2) is 54.0 Å². The second-order valence-electron chi connectivity index (χ2n) is 8.05. The SMILES string of the molecule is CCNC(=NCC1CCN(Cc2csc(C)n2)CC1)N(C)Cc1ccccc1C.I. The third kappa shape index (κ3) is 7.50. The monoisotopic (exact) mass is 541 g/mol. The molecule has 0 radical (unpaired) electrons. The van der Waals surface area contributed by atoms with Gasteiger partial charge in [-0.05, 0) is 63.7 Å². The van der Waals surface area contributed by atoms with Crippen molar-refractivity contribution in [1.29, 1.82) is 0 Å². The zero-order chi connectivity index (χ0) is 20.6. The van der Waals surface area contributed by atoms with E-state index in [9.17, 15) is 0 Å². The average Bonchev–Trinajstić information content (AvgIpc) is 3.12. The van der Waals surface area contributed by atoms with Crippen LogP contribution >= 0.6 is 35.3 Å². The van der Waals surface area contributed by atoms with Gasteiger partial charge in [0.1, 0.15) is 0 Å². The van der Waals surface area contributed by atoms with E-state index in [4.69, 9.17) is 4.99 Å². The van der Waals surface area contributed by atoms with Crippen molar-refractivity contribution in [2.24, 2.45) is 10.9 Å². The molecule has 2 aromatic rings. The molecule has 1 aromatic heterocycles. The van der Waals surface area contributed by atoms with E-state index in [2.05, 4.69) is 77.6 Å². The van der Waals surface area contributed by atoms with Gasteiger partial charge in [0.05, 0.1) is 10.7 Å². The number of hydrogen-bond acceptors (Lipinski definition) is 4. The Morgan fingerprint density at radius 3 is 2.63 bits per heavy atom. The highest BCUT2D eigenvalue weighted by molar-refractivity contribution is 14.0. The van der Waals surface area contributed by atoms with Crippen LogP contribution in [0.3, 0.4) is 0 Å². The number of thiazole rings is 1. The fraction of sp³-hybridized carbons (Fsp3) is 0.565. The summed E-state index contributed by atoms with van der Waals surface area (Å²) in [5.41, 5.74) is 3.90. The predicted octanol–water partition coefficient (Wildman–Crippen LogP) is 4.69. The summed E-state index contributed by atoms with van der Waals surface area (Å²) in [6, 6.07) is 8.59. The minimum atomic E-state index is 0. The van der Waals surface area contributed by atoms with Crippen molar-refractivity contribution in [1.82, 2.24) is 20.1 Å². The van der Waals surface area contributed by atoms with Crippen LogP contribution in [0.15, 0.2) is 34.6 Å². The molecule has 1 saturated heterocycles. The zero-order valence-electron chi connectivity index (χ0n) is 18.7. The van der Waals surface area contributed by atoms with Gasteiger partial charge in [0.2, 0.25) is 0 Å². The number of aromatic nitrogens is 1. The Morgan fingerprint density at radius 1 is 1.27 bits per heavy atom. The first-order chi connectivity index (χ1) is 14.0. The topological polar surface area (TPSA) is 43.8 Å². The van der Waals surface area contributed by atoms with Crippen LogP contribution in [0.5, 0.6) is 0 Å². The first-order valence-corrected chi connectivity index (χ1v) is 11.6. The highest BCUT2D eigenvalue weighted by Crippen LogP contribution is 2.20. The van der Waals surface area contributed by atoms with E-state index in [1.807, 2.05) is 0 Å². The van der Waals surface area contributed by atoms with E-state index < -0.39 is 0 Å². The Morgan fingerprint density at radius 2 is 2.00 bits per heavy atom. The Bertz CT molecular complexity index is 798. The second-order valence-corrected chi connectivity index (χ2v) is 9.12. The van der Waals surface area contributed by atoms with Gasteiger partial charge in [0.15, 0.2) is 5.96 Å². The van der Waals surface area contributed by atoms with E-state index in [-0.39, 0.29) is 24.0 Å². The molecule has 5 nitrogen and oxygen atoms in total. The fourth-order valence-electron chi connectivity index (χ4n) is 3.84. The normalized spacial score (nSPS) is 15.7. The van der Waals surface area contributed by atoms with Gasteiger partial charge in [-0.1, -0.05) is 24.3 Å². The number of halogens is 1. The molecule has 0 amide bonds. The van der Waals surface area contributed by atoms with E-state index in [0.717, 1.165) is 50.2 Å². The van der Waals surface area contributed by atoms with Crippen LogP contribution in [0.25, 0.3) is 0 Å². The molecule has 0 bridgehead atoms. The molecule has 7 heteroatoms. The number of aryl methyl sites for hydroxylation is 2. The highest BCUT2D eigenvalue weighted by Gasteiger charge is 2.20. The maximum Gasteiger partial charge on any atom is 0.193 e. The summed E-state index contributed by atoms with van der Waals surface area (Å²) in [6.45, 7) is 12.3. The van der Waals surface area contributed by atoms with Crippen LogP contribution in [0.4, 0.5) is 0 Å². The summed E-state index contributed by atoms with van der Waals surface area (Å²) in [5.74, 6) is 1.68. The standard InChI is InChI=1S/C23H35N5S.HI/c1-5-24-23(27(4)15-21-9-7-6-8-18(21)2)25-14-20-10-12-28(13-11-20)16-22-17-29-19(3)26-22;/h6-9,17,20H,5,10-16H2,1-4H3,(H,24,25);1H. The quantitative estimate of drug-likeness (QED) is 0.314. The summed E-state index contributed by atoms with van der Waals surface area (Å²) >= 11 is 1.75. The Labute approximate surface area is 203 Å². The molecule has 0 atom stereocenters. The van der Waals surface area contributed by atoms with Crippen molar-refractivity contribution in [3.8, 4) is 0 Å². The summed E-state index contributed by atoms with van der Waals surface area (Å²) in [7, 11) is 2.13. The van der Waals surface area contributed by atoms with Crippen molar-refractivity contribution < 1.29 is 0 Å². The lowest BCUT2D eigenvalue weighted by atomic mass is 9.97. The number of hydrogen-bond donors (Lipinski definition) is 1. The second kappa shape index (κ2) is 12.6. The number of piperidine rings is 1. The smallest absolute Gasteiger partial charge is 0.193 e. The molecule has 1 aliphatic heterocycles.